The van der Waals surface area contributed by atoms with E-state index in [4.69, 9.17) is 22.1 Å². The van der Waals surface area contributed by atoms with Crippen LogP contribution in [-0.2, 0) is 0 Å². The topological polar surface area (TPSA) is 55.5 Å². The van der Waals surface area contributed by atoms with Crippen molar-refractivity contribution in [2.24, 2.45) is 5.73 Å². The molecule has 14 heavy (non-hydrogen) atoms. The summed E-state index contributed by atoms with van der Waals surface area (Å²) in [5, 5.41) is 10.1. The third kappa shape index (κ3) is 2.38. The molecule has 0 heterocycles. The molecule has 0 saturated heterocycles. The van der Waals surface area contributed by atoms with Crippen LogP contribution in [-0.4, -0.2) is 18.3 Å². The van der Waals surface area contributed by atoms with E-state index in [1.54, 1.807) is 32.2 Å². The summed E-state index contributed by atoms with van der Waals surface area (Å²) in [5.41, 5.74) is 6.26. The number of benzene rings is 1. The van der Waals surface area contributed by atoms with Crippen LogP contribution in [0.4, 0.5) is 0 Å². The molecule has 0 bridgehead atoms. The first-order chi connectivity index (χ1) is 6.56. The molecule has 1 aromatic carbocycles. The van der Waals surface area contributed by atoms with E-state index in [9.17, 15) is 5.11 Å². The fourth-order valence-electron chi connectivity index (χ4n) is 1.17. The summed E-state index contributed by atoms with van der Waals surface area (Å²) < 4.78 is 5.00. The Bertz CT molecular complexity index is 315. The van der Waals surface area contributed by atoms with E-state index in [1.165, 1.54) is 0 Å². The zero-order valence-electron chi connectivity index (χ0n) is 8.20. The maximum atomic E-state index is 9.66. The van der Waals surface area contributed by atoms with Gasteiger partial charge in [-0.3, -0.25) is 0 Å². The Morgan fingerprint density at radius 1 is 1.50 bits per heavy atom. The van der Waals surface area contributed by atoms with E-state index in [1.807, 2.05) is 0 Å². The lowest BCUT2D eigenvalue weighted by atomic mass is 10.0. The van der Waals surface area contributed by atoms with Crippen LogP contribution in [0.1, 0.15) is 18.6 Å². The molecule has 0 aliphatic heterocycles. The fourth-order valence-corrected chi connectivity index (χ4v) is 1.44. The van der Waals surface area contributed by atoms with Gasteiger partial charge in [-0.1, -0.05) is 17.7 Å². The summed E-state index contributed by atoms with van der Waals surface area (Å²) in [6.07, 6.45) is -0.696. The highest BCUT2D eigenvalue weighted by molar-refractivity contribution is 6.32. The molecular weight excluding hydrogens is 202 g/mol. The molecule has 0 aromatic heterocycles. The predicted octanol–water partition coefficient (Wildman–Crippen LogP) is 1.73. The van der Waals surface area contributed by atoms with Crippen molar-refractivity contribution in [2.45, 2.75) is 19.1 Å². The normalized spacial score (nSPS) is 14.9. The van der Waals surface area contributed by atoms with E-state index < -0.39 is 6.10 Å². The van der Waals surface area contributed by atoms with Gasteiger partial charge in [-0.15, -0.1) is 0 Å². The molecule has 78 valence electrons. The lowest BCUT2D eigenvalue weighted by Crippen LogP contribution is -2.24. The zero-order valence-corrected chi connectivity index (χ0v) is 8.95. The first-order valence-corrected chi connectivity index (χ1v) is 4.71. The molecule has 2 atom stereocenters. The lowest BCUT2D eigenvalue weighted by molar-refractivity contribution is 0.153. The van der Waals surface area contributed by atoms with Crippen LogP contribution in [0.3, 0.4) is 0 Å². The van der Waals surface area contributed by atoms with E-state index in [0.29, 0.717) is 16.3 Å². The minimum absolute atomic E-state index is 0.320. The lowest BCUT2D eigenvalue weighted by Gasteiger charge is -2.15. The molecular formula is C10H14ClNO2. The van der Waals surface area contributed by atoms with Gasteiger partial charge in [0, 0.05) is 6.04 Å². The van der Waals surface area contributed by atoms with Gasteiger partial charge in [0.15, 0.2) is 0 Å². The number of ether oxygens (including phenoxy) is 1. The van der Waals surface area contributed by atoms with Crippen molar-refractivity contribution in [1.29, 1.82) is 0 Å². The molecule has 0 amide bonds. The van der Waals surface area contributed by atoms with Gasteiger partial charge in [0.2, 0.25) is 0 Å². The number of aliphatic hydroxyl groups is 1. The summed E-state index contributed by atoms with van der Waals surface area (Å²) in [4.78, 5) is 0. The van der Waals surface area contributed by atoms with Crippen LogP contribution in [0.2, 0.25) is 5.02 Å². The highest BCUT2D eigenvalue weighted by Gasteiger charge is 2.13. The number of hydrogen-bond acceptors (Lipinski definition) is 3. The Kier molecular flexibility index (Phi) is 3.75. The van der Waals surface area contributed by atoms with Crippen LogP contribution in [0.15, 0.2) is 18.2 Å². The monoisotopic (exact) mass is 215 g/mol. The van der Waals surface area contributed by atoms with Gasteiger partial charge < -0.3 is 15.6 Å². The molecule has 0 aliphatic rings. The summed E-state index contributed by atoms with van der Waals surface area (Å²) in [6, 6.07) is 4.80. The quantitative estimate of drug-likeness (QED) is 0.808. The van der Waals surface area contributed by atoms with Crippen molar-refractivity contribution in [3.63, 3.8) is 0 Å². The molecule has 3 nitrogen and oxygen atoms in total. The Labute approximate surface area is 88.4 Å². The Morgan fingerprint density at radius 2 is 2.14 bits per heavy atom. The third-order valence-electron chi connectivity index (χ3n) is 2.02. The number of aliphatic hydroxyl groups excluding tert-OH is 1. The van der Waals surface area contributed by atoms with Gasteiger partial charge in [-0.2, -0.15) is 0 Å². The fraction of sp³-hybridized carbons (Fsp3) is 0.400. The van der Waals surface area contributed by atoms with E-state index in [0.717, 1.165) is 0 Å². The average molecular weight is 216 g/mol. The molecule has 0 radical (unpaired) electrons. The summed E-state index contributed by atoms with van der Waals surface area (Å²) >= 11 is 5.90. The SMILES string of the molecule is COc1ccc(C(O)C(C)N)cc1Cl. The third-order valence-corrected chi connectivity index (χ3v) is 2.31. The largest absolute Gasteiger partial charge is 0.495 e. The predicted molar refractivity (Wildman–Crippen MR) is 56.6 cm³/mol. The highest BCUT2D eigenvalue weighted by Crippen LogP contribution is 2.28. The van der Waals surface area contributed by atoms with Crippen molar-refractivity contribution >= 4 is 11.6 Å². The molecule has 1 rings (SSSR count). The average Bonchev–Trinajstić information content (AvgIpc) is 2.16. The van der Waals surface area contributed by atoms with Crippen LogP contribution in [0.25, 0.3) is 0 Å². The van der Waals surface area contributed by atoms with Crippen molar-refractivity contribution in [2.75, 3.05) is 7.11 Å². The van der Waals surface area contributed by atoms with Gasteiger partial charge in [0.05, 0.1) is 18.2 Å². The smallest absolute Gasteiger partial charge is 0.137 e. The van der Waals surface area contributed by atoms with E-state index in [2.05, 4.69) is 0 Å². The number of methoxy groups -OCH3 is 1. The minimum atomic E-state index is -0.696. The van der Waals surface area contributed by atoms with Crippen LogP contribution >= 0.6 is 11.6 Å². The van der Waals surface area contributed by atoms with Gasteiger partial charge >= 0.3 is 0 Å². The Balaban J connectivity index is 2.96. The van der Waals surface area contributed by atoms with Gasteiger partial charge in [0.25, 0.3) is 0 Å². The van der Waals surface area contributed by atoms with Crippen LogP contribution < -0.4 is 10.5 Å². The molecule has 0 aliphatic carbocycles. The number of nitrogens with two attached hydrogens (primary N) is 1. The zero-order chi connectivity index (χ0) is 10.7. The summed E-state index contributed by atoms with van der Waals surface area (Å²) in [5.74, 6) is 0.590. The van der Waals surface area contributed by atoms with Gasteiger partial charge in [0.1, 0.15) is 5.75 Å². The van der Waals surface area contributed by atoms with Gasteiger partial charge in [-0.25, -0.2) is 0 Å². The maximum absolute atomic E-state index is 9.66. The Hall–Kier alpha value is -0.770. The summed E-state index contributed by atoms with van der Waals surface area (Å²) in [6.45, 7) is 1.74. The number of halogens is 1. The molecule has 0 spiro atoms. The Morgan fingerprint density at radius 3 is 2.57 bits per heavy atom. The molecule has 0 saturated carbocycles. The molecule has 3 N–H and O–H groups in total. The summed E-state index contributed by atoms with van der Waals surface area (Å²) in [7, 11) is 1.54. The van der Waals surface area contributed by atoms with E-state index >= 15 is 0 Å². The second kappa shape index (κ2) is 4.64. The maximum Gasteiger partial charge on any atom is 0.137 e. The molecule has 0 fully saturated rings. The van der Waals surface area contributed by atoms with Crippen molar-refractivity contribution in [3.05, 3.63) is 28.8 Å². The van der Waals surface area contributed by atoms with E-state index in [-0.39, 0.29) is 6.04 Å². The first kappa shape index (κ1) is 11.3. The first-order valence-electron chi connectivity index (χ1n) is 4.33. The molecule has 2 unspecified atom stereocenters. The number of rotatable bonds is 3. The standard InChI is InChI=1S/C10H14ClNO2/c1-6(12)10(13)7-3-4-9(14-2)8(11)5-7/h3-6,10,13H,12H2,1-2H3. The van der Waals surface area contributed by atoms with Crippen molar-refractivity contribution < 1.29 is 9.84 Å². The van der Waals surface area contributed by atoms with Crippen LogP contribution in [0, 0.1) is 0 Å². The second-order valence-electron chi connectivity index (χ2n) is 3.20. The number of hydrogen-bond donors (Lipinski definition) is 2. The van der Waals surface area contributed by atoms with Crippen molar-refractivity contribution in [3.8, 4) is 5.75 Å². The van der Waals surface area contributed by atoms with Gasteiger partial charge in [-0.05, 0) is 24.6 Å². The molecule has 1 aromatic rings. The van der Waals surface area contributed by atoms with Crippen LogP contribution in [0.5, 0.6) is 5.75 Å². The second-order valence-corrected chi connectivity index (χ2v) is 3.61. The molecule has 4 heteroatoms. The minimum Gasteiger partial charge on any atom is -0.495 e. The van der Waals surface area contributed by atoms with Crippen molar-refractivity contribution in [1.82, 2.24) is 0 Å². The highest BCUT2D eigenvalue weighted by atomic mass is 35.5.